The topological polar surface area (TPSA) is 91.9 Å². The van der Waals surface area contributed by atoms with Gasteiger partial charge in [0, 0.05) is 13.5 Å². The molecule has 1 atom stereocenters. The summed E-state index contributed by atoms with van der Waals surface area (Å²) in [6, 6.07) is 12.3. The van der Waals surface area contributed by atoms with Gasteiger partial charge in [-0.2, -0.15) is 5.10 Å². The van der Waals surface area contributed by atoms with E-state index in [4.69, 9.17) is 5.73 Å². The molecule has 0 fully saturated rings. The number of anilines is 2. The number of hydrogen-bond donors (Lipinski definition) is 1. The van der Waals surface area contributed by atoms with Gasteiger partial charge < -0.3 is 5.73 Å². The highest BCUT2D eigenvalue weighted by molar-refractivity contribution is 7.22. The second-order valence-electron chi connectivity index (χ2n) is 6.32. The van der Waals surface area contributed by atoms with E-state index < -0.39 is 17.8 Å². The van der Waals surface area contributed by atoms with Gasteiger partial charge in [0.1, 0.15) is 17.6 Å². The number of benzene rings is 2. The zero-order valence-corrected chi connectivity index (χ0v) is 15.7. The number of para-hydroxylation sites is 1. The molecule has 0 aliphatic carbocycles. The molecule has 28 heavy (non-hydrogen) atoms. The average molecular weight is 397 g/mol. The van der Waals surface area contributed by atoms with Crippen molar-refractivity contribution in [2.45, 2.75) is 12.5 Å². The monoisotopic (exact) mass is 397 g/mol. The Morgan fingerprint density at radius 1 is 1.21 bits per heavy atom. The fraction of sp³-hybridized carbons (Fsp3) is 0.158. The quantitative estimate of drug-likeness (QED) is 0.732. The molecule has 2 amide bonds. The summed E-state index contributed by atoms with van der Waals surface area (Å²) in [6.07, 6.45) is 0.0702. The predicted octanol–water partition coefficient (Wildman–Crippen LogP) is 2.52. The highest BCUT2D eigenvalue weighted by atomic mass is 32.1. The molecule has 1 aliphatic rings. The van der Waals surface area contributed by atoms with E-state index in [1.54, 1.807) is 7.05 Å². The number of hydrogen-bond acceptors (Lipinski definition) is 6. The van der Waals surface area contributed by atoms with Crippen molar-refractivity contribution in [1.29, 1.82) is 0 Å². The van der Waals surface area contributed by atoms with Crippen LogP contribution in [0.5, 0.6) is 0 Å². The number of primary amides is 1. The van der Waals surface area contributed by atoms with Gasteiger partial charge in [-0.3, -0.25) is 19.5 Å². The van der Waals surface area contributed by atoms with Crippen LogP contribution in [0.25, 0.3) is 10.2 Å². The largest absolute Gasteiger partial charge is 0.368 e. The second-order valence-corrected chi connectivity index (χ2v) is 7.33. The molecule has 1 unspecified atom stereocenters. The number of hydrazone groups is 1. The maximum Gasteiger partial charge on any atom is 0.276 e. The van der Waals surface area contributed by atoms with Gasteiger partial charge in [0.25, 0.3) is 5.91 Å². The van der Waals surface area contributed by atoms with Gasteiger partial charge in [-0.15, -0.1) is 0 Å². The summed E-state index contributed by atoms with van der Waals surface area (Å²) in [5, 5.41) is 6.20. The maximum absolute atomic E-state index is 13.2. The Morgan fingerprint density at radius 2 is 1.93 bits per heavy atom. The number of halogens is 1. The number of nitrogens with zero attached hydrogens (tertiary/aromatic N) is 4. The summed E-state index contributed by atoms with van der Waals surface area (Å²) in [6.45, 7) is 0. The number of fused-ring (bicyclic) bond motifs is 1. The molecular formula is C19H16FN5O2S. The van der Waals surface area contributed by atoms with Crippen molar-refractivity contribution in [1.82, 2.24) is 4.98 Å². The number of thiazole rings is 1. The molecule has 2 aromatic carbocycles. The van der Waals surface area contributed by atoms with Gasteiger partial charge >= 0.3 is 0 Å². The molecule has 4 rings (SSSR count). The van der Waals surface area contributed by atoms with Crippen LogP contribution in [0, 0.1) is 5.82 Å². The van der Waals surface area contributed by atoms with E-state index in [1.807, 2.05) is 24.3 Å². The third-order valence-electron chi connectivity index (χ3n) is 4.45. The van der Waals surface area contributed by atoms with Crippen LogP contribution in [0.1, 0.15) is 6.42 Å². The highest BCUT2D eigenvalue weighted by Crippen LogP contribution is 2.30. The van der Waals surface area contributed by atoms with Gasteiger partial charge in [-0.25, -0.2) is 9.37 Å². The van der Waals surface area contributed by atoms with E-state index in [2.05, 4.69) is 10.1 Å². The Balaban J connectivity index is 1.63. The van der Waals surface area contributed by atoms with Crippen molar-refractivity contribution >= 4 is 49.9 Å². The van der Waals surface area contributed by atoms with Gasteiger partial charge in [0.05, 0.1) is 15.9 Å². The van der Waals surface area contributed by atoms with E-state index in [0.29, 0.717) is 10.8 Å². The Morgan fingerprint density at radius 3 is 2.61 bits per heavy atom. The van der Waals surface area contributed by atoms with Gasteiger partial charge in [-0.05, 0) is 36.4 Å². The zero-order valence-electron chi connectivity index (χ0n) is 14.9. The Bertz CT molecular complexity index is 1060. The van der Waals surface area contributed by atoms with Crippen LogP contribution in [0.2, 0.25) is 0 Å². The minimum Gasteiger partial charge on any atom is -0.368 e. The lowest BCUT2D eigenvalue weighted by atomic mass is 10.1. The molecule has 0 radical (unpaired) electrons. The first-order valence-corrected chi connectivity index (χ1v) is 9.31. The molecule has 0 spiro atoms. The normalized spacial score (nSPS) is 16.3. The number of rotatable bonds is 4. The summed E-state index contributed by atoms with van der Waals surface area (Å²) >= 11 is 1.39. The summed E-state index contributed by atoms with van der Waals surface area (Å²) in [5.74, 6) is -1.39. The van der Waals surface area contributed by atoms with Gasteiger partial charge in [0.2, 0.25) is 5.91 Å². The third-order valence-corrected chi connectivity index (χ3v) is 5.56. The number of amides is 2. The average Bonchev–Trinajstić information content (AvgIpc) is 3.32. The first-order chi connectivity index (χ1) is 13.4. The van der Waals surface area contributed by atoms with Gasteiger partial charge in [0.15, 0.2) is 5.13 Å². The molecule has 1 aromatic heterocycles. The number of aromatic nitrogens is 1. The number of nitrogens with two attached hydrogens (primary N) is 1. The molecule has 9 heteroatoms. The Hall–Kier alpha value is -3.33. The Labute approximate surface area is 163 Å². The van der Waals surface area contributed by atoms with Crippen molar-refractivity contribution in [3.63, 3.8) is 0 Å². The molecular weight excluding hydrogens is 381 g/mol. The van der Waals surface area contributed by atoms with Crippen molar-refractivity contribution in [3.05, 3.63) is 54.3 Å². The van der Waals surface area contributed by atoms with Crippen LogP contribution in [-0.2, 0) is 9.59 Å². The molecule has 0 bridgehead atoms. The molecule has 0 saturated heterocycles. The molecule has 142 valence electrons. The SMILES string of the molecule is CN(C(=O)C1=NN(c2ccc(F)cc2)C(C(N)=O)C1)c1nc2ccccc2s1. The van der Waals surface area contributed by atoms with Crippen molar-refractivity contribution in [3.8, 4) is 0 Å². The van der Waals surface area contributed by atoms with E-state index in [-0.39, 0.29) is 18.0 Å². The van der Waals surface area contributed by atoms with E-state index in [9.17, 15) is 14.0 Å². The standard InChI is InChI=1S/C19H16FN5O2S/c1-24(19-22-13-4-2-3-5-16(13)28-19)18(27)14-10-15(17(21)26)25(23-14)12-8-6-11(20)7-9-12/h2-9,15H,10H2,1H3,(H2,21,26). The summed E-state index contributed by atoms with van der Waals surface area (Å²) in [7, 11) is 1.61. The van der Waals surface area contributed by atoms with Crippen molar-refractivity contribution in [2.24, 2.45) is 10.8 Å². The molecule has 2 N–H and O–H groups in total. The lowest BCUT2D eigenvalue weighted by Crippen LogP contribution is -2.40. The van der Waals surface area contributed by atoms with Crippen LogP contribution < -0.4 is 15.6 Å². The molecule has 7 nitrogen and oxygen atoms in total. The predicted molar refractivity (Wildman–Crippen MR) is 107 cm³/mol. The van der Waals surface area contributed by atoms with Crippen LogP contribution in [0.4, 0.5) is 15.2 Å². The first kappa shape index (κ1) is 18.1. The second kappa shape index (κ2) is 7.01. The van der Waals surface area contributed by atoms with Crippen LogP contribution in [0.15, 0.2) is 53.6 Å². The van der Waals surface area contributed by atoms with Crippen LogP contribution in [0.3, 0.4) is 0 Å². The molecule has 2 heterocycles. The fourth-order valence-corrected chi connectivity index (χ4v) is 3.90. The molecule has 0 saturated carbocycles. The summed E-state index contributed by atoms with van der Waals surface area (Å²) < 4.78 is 14.2. The fourth-order valence-electron chi connectivity index (χ4n) is 2.98. The third kappa shape index (κ3) is 3.20. The van der Waals surface area contributed by atoms with Crippen molar-refractivity contribution < 1.29 is 14.0 Å². The lowest BCUT2D eigenvalue weighted by molar-refractivity contribution is -0.119. The van der Waals surface area contributed by atoms with Crippen LogP contribution in [-0.4, -0.2) is 35.6 Å². The van der Waals surface area contributed by atoms with Crippen LogP contribution >= 0.6 is 11.3 Å². The lowest BCUT2D eigenvalue weighted by Gasteiger charge is -2.20. The smallest absolute Gasteiger partial charge is 0.276 e. The summed E-state index contributed by atoms with van der Waals surface area (Å²) in [5.41, 5.74) is 6.97. The first-order valence-electron chi connectivity index (χ1n) is 8.49. The van der Waals surface area contributed by atoms with E-state index in [0.717, 1.165) is 10.2 Å². The number of carbonyl (C=O) groups excluding carboxylic acids is 2. The highest BCUT2D eigenvalue weighted by Gasteiger charge is 2.36. The minimum atomic E-state index is -0.812. The van der Waals surface area contributed by atoms with Gasteiger partial charge in [-0.1, -0.05) is 23.5 Å². The molecule has 3 aromatic rings. The van der Waals surface area contributed by atoms with E-state index >= 15 is 0 Å². The van der Waals surface area contributed by atoms with Crippen molar-refractivity contribution in [2.75, 3.05) is 17.0 Å². The minimum absolute atomic E-state index is 0.0702. The number of carbonyl (C=O) groups is 2. The Kier molecular flexibility index (Phi) is 4.52. The maximum atomic E-state index is 13.2. The summed E-state index contributed by atoms with van der Waals surface area (Å²) in [4.78, 5) is 30.7. The zero-order chi connectivity index (χ0) is 19.8. The molecule has 1 aliphatic heterocycles. The van der Waals surface area contributed by atoms with E-state index in [1.165, 1.54) is 45.5 Å².